The molecule has 2 atom stereocenters. The van der Waals surface area contributed by atoms with Crippen LogP contribution in [0.3, 0.4) is 0 Å². The third-order valence-electron chi connectivity index (χ3n) is 6.29. The van der Waals surface area contributed by atoms with Crippen molar-refractivity contribution in [2.45, 2.75) is 38.8 Å². The number of hydrogen-bond donors (Lipinski definition) is 2. The molecule has 2 amide bonds. The maximum atomic E-state index is 14.5. The van der Waals surface area contributed by atoms with Crippen LogP contribution in [0.2, 0.25) is 5.02 Å². The summed E-state index contributed by atoms with van der Waals surface area (Å²) in [6.45, 7) is 8.91. The molecule has 202 valence electrons. The summed E-state index contributed by atoms with van der Waals surface area (Å²) in [5.74, 6) is -2.73. The first-order valence-electron chi connectivity index (χ1n) is 12.3. The second-order valence-electron chi connectivity index (χ2n) is 9.68. The van der Waals surface area contributed by atoms with Crippen LogP contribution < -0.4 is 10.6 Å². The van der Waals surface area contributed by atoms with Gasteiger partial charge in [-0.3, -0.25) is 9.69 Å². The number of carbonyl (C=O) groups is 2. The van der Waals surface area contributed by atoms with Gasteiger partial charge in [-0.05, 0) is 42.2 Å². The predicted octanol–water partition coefficient (Wildman–Crippen LogP) is 4.49. The maximum absolute atomic E-state index is 14.5. The van der Waals surface area contributed by atoms with Gasteiger partial charge in [-0.1, -0.05) is 49.7 Å². The standard InChI is InChI=1S/C27H34ClF2N3O4/c1-18(2)24(19-6-4-8-21(28)16-19)37-26(35)32-27(3,17-20-7-5-9-22(29)23(20)30)25(34)31-10-11-33-12-14-36-15-13-33/h4-9,16,18,24H,10-15,17H2,1-3H3,(H,31,34)(H,32,35). The lowest BCUT2D eigenvalue weighted by Crippen LogP contribution is -2.59. The van der Waals surface area contributed by atoms with E-state index >= 15 is 0 Å². The molecule has 2 unspecified atom stereocenters. The van der Waals surface area contributed by atoms with Gasteiger partial charge in [0.1, 0.15) is 11.6 Å². The predicted molar refractivity (Wildman–Crippen MR) is 137 cm³/mol. The van der Waals surface area contributed by atoms with Crippen molar-refractivity contribution in [2.75, 3.05) is 39.4 Å². The zero-order valence-electron chi connectivity index (χ0n) is 21.4. The first-order valence-corrected chi connectivity index (χ1v) is 12.7. The van der Waals surface area contributed by atoms with Gasteiger partial charge >= 0.3 is 6.09 Å². The molecule has 0 bridgehead atoms. The second-order valence-corrected chi connectivity index (χ2v) is 10.1. The minimum Gasteiger partial charge on any atom is -0.441 e. The van der Waals surface area contributed by atoms with E-state index in [2.05, 4.69) is 15.5 Å². The van der Waals surface area contributed by atoms with Crippen LogP contribution in [0.25, 0.3) is 0 Å². The van der Waals surface area contributed by atoms with E-state index in [1.807, 2.05) is 13.8 Å². The summed E-state index contributed by atoms with van der Waals surface area (Å²) in [5, 5.41) is 5.94. The van der Waals surface area contributed by atoms with Crippen molar-refractivity contribution < 1.29 is 27.8 Å². The number of nitrogens with one attached hydrogen (secondary N) is 2. The van der Waals surface area contributed by atoms with Crippen LogP contribution in [0.1, 0.15) is 38.0 Å². The Kier molecular flexibility index (Phi) is 10.3. The molecule has 0 saturated carbocycles. The summed E-state index contributed by atoms with van der Waals surface area (Å²) >= 11 is 6.12. The minimum absolute atomic E-state index is 0.0404. The molecule has 0 aliphatic carbocycles. The molecule has 2 N–H and O–H groups in total. The average molecular weight is 538 g/mol. The van der Waals surface area contributed by atoms with Crippen molar-refractivity contribution in [3.8, 4) is 0 Å². The van der Waals surface area contributed by atoms with Gasteiger partial charge in [-0.15, -0.1) is 0 Å². The molecule has 10 heteroatoms. The summed E-state index contributed by atoms with van der Waals surface area (Å²) in [5.41, 5.74) is -0.959. The average Bonchev–Trinajstić information content (AvgIpc) is 2.85. The Bertz CT molecular complexity index is 1080. The number of halogens is 3. The van der Waals surface area contributed by atoms with E-state index in [4.69, 9.17) is 21.1 Å². The van der Waals surface area contributed by atoms with Gasteiger partial charge < -0.3 is 20.1 Å². The molecule has 2 aromatic rings. The summed E-state index contributed by atoms with van der Waals surface area (Å²) in [4.78, 5) is 28.5. The van der Waals surface area contributed by atoms with E-state index in [0.29, 0.717) is 36.9 Å². The molecule has 0 aromatic heterocycles. The highest BCUT2D eigenvalue weighted by Crippen LogP contribution is 2.28. The number of amides is 2. The lowest BCUT2D eigenvalue weighted by atomic mass is 9.91. The Balaban J connectivity index is 1.76. The molecule has 1 aliphatic rings. The molecule has 1 fully saturated rings. The van der Waals surface area contributed by atoms with Crippen LogP contribution >= 0.6 is 11.6 Å². The molecular formula is C27H34ClF2N3O4. The van der Waals surface area contributed by atoms with Crippen LogP contribution in [-0.4, -0.2) is 61.8 Å². The molecule has 7 nitrogen and oxygen atoms in total. The zero-order valence-corrected chi connectivity index (χ0v) is 22.1. The Morgan fingerprint density at radius 2 is 1.86 bits per heavy atom. The smallest absolute Gasteiger partial charge is 0.408 e. The fourth-order valence-corrected chi connectivity index (χ4v) is 4.44. The zero-order chi connectivity index (χ0) is 27.0. The molecule has 1 heterocycles. The number of alkyl carbamates (subject to hydrolysis) is 1. The largest absolute Gasteiger partial charge is 0.441 e. The van der Waals surface area contributed by atoms with E-state index < -0.39 is 35.3 Å². The summed E-state index contributed by atoms with van der Waals surface area (Å²) in [7, 11) is 0. The highest BCUT2D eigenvalue weighted by Gasteiger charge is 2.37. The number of morpholine rings is 1. The van der Waals surface area contributed by atoms with Gasteiger partial charge in [0, 0.05) is 37.6 Å². The van der Waals surface area contributed by atoms with Gasteiger partial charge in [-0.25, -0.2) is 13.6 Å². The quantitative estimate of drug-likeness (QED) is 0.467. The molecule has 3 rings (SSSR count). The Morgan fingerprint density at radius 3 is 2.54 bits per heavy atom. The van der Waals surface area contributed by atoms with Gasteiger partial charge in [0.2, 0.25) is 5.91 Å². The van der Waals surface area contributed by atoms with Crippen LogP contribution in [0, 0.1) is 17.6 Å². The minimum atomic E-state index is -1.62. The topological polar surface area (TPSA) is 79.9 Å². The SMILES string of the molecule is CC(C)C(OC(=O)NC(C)(Cc1cccc(F)c1F)C(=O)NCCN1CCOCC1)c1cccc(Cl)c1. The number of hydrogen-bond acceptors (Lipinski definition) is 5. The summed E-state index contributed by atoms with van der Waals surface area (Å²) in [6, 6.07) is 10.7. The Morgan fingerprint density at radius 1 is 1.16 bits per heavy atom. The number of ether oxygens (including phenoxy) is 2. The van der Waals surface area contributed by atoms with Gasteiger partial charge in [0.15, 0.2) is 11.6 Å². The monoisotopic (exact) mass is 537 g/mol. The Labute approximate surface area is 221 Å². The van der Waals surface area contributed by atoms with E-state index in [-0.39, 0.29) is 17.9 Å². The van der Waals surface area contributed by atoms with Crippen LogP contribution in [0.4, 0.5) is 13.6 Å². The number of benzene rings is 2. The Hall–Kier alpha value is -2.75. The van der Waals surface area contributed by atoms with Gasteiger partial charge in [0.05, 0.1) is 13.2 Å². The van der Waals surface area contributed by atoms with Crippen molar-refractivity contribution in [3.63, 3.8) is 0 Å². The van der Waals surface area contributed by atoms with Gasteiger partial charge in [0.25, 0.3) is 0 Å². The third kappa shape index (κ3) is 8.12. The molecule has 1 aliphatic heterocycles. The van der Waals surface area contributed by atoms with Gasteiger partial charge in [-0.2, -0.15) is 0 Å². The van der Waals surface area contributed by atoms with E-state index in [9.17, 15) is 18.4 Å². The van der Waals surface area contributed by atoms with Crippen molar-refractivity contribution in [1.82, 2.24) is 15.5 Å². The van der Waals surface area contributed by atoms with Crippen LogP contribution in [-0.2, 0) is 20.7 Å². The maximum Gasteiger partial charge on any atom is 0.408 e. The van der Waals surface area contributed by atoms with Crippen molar-refractivity contribution in [3.05, 3.63) is 70.2 Å². The van der Waals surface area contributed by atoms with Crippen molar-refractivity contribution in [2.24, 2.45) is 5.92 Å². The first kappa shape index (κ1) is 28.8. The van der Waals surface area contributed by atoms with Crippen molar-refractivity contribution in [1.29, 1.82) is 0 Å². The lowest BCUT2D eigenvalue weighted by molar-refractivity contribution is -0.127. The lowest BCUT2D eigenvalue weighted by Gasteiger charge is -2.32. The van der Waals surface area contributed by atoms with E-state index in [1.54, 1.807) is 24.3 Å². The third-order valence-corrected chi connectivity index (χ3v) is 6.52. The highest BCUT2D eigenvalue weighted by atomic mass is 35.5. The molecule has 0 radical (unpaired) electrons. The van der Waals surface area contributed by atoms with Crippen LogP contribution in [0.15, 0.2) is 42.5 Å². The summed E-state index contributed by atoms with van der Waals surface area (Å²) < 4.78 is 39.5. The number of nitrogens with zero attached hydrogens (tertiary/aromatic N) is 1. The van der Waals surface area contributed by atoms with Crippen LogP contribution in [0.5, 0.6) is 0 Å². The fraction of sp³-hybridized carbons (Fsp3) is 0.481. The fourth-order valence-electron chi connectivity index (χ4n) is 4.24. The first-order chi connectivity index (χ1) is 17.6. The highest BCUT2D eigenvalue weighted by molar-refractivity contribution is 6.30. The van der Waals surface area contributed by atoms with E-state index in [1.165, 1.54) is 19.1 Å². The molecule has 1 saturated heterocycles. The molecular weight excluding hydrogens is 504 g/mol. The summed E-state index contributed by atoms with van der Waals surface area (Å²) in [6.07, 6.45) is -1.78. The second kappa shape index (κ2) is 13.2. The normalized spacial score (nSPS) is 16.6. The number of rotatable bonds is 10. The van der Waals surface area contributed by atoms with Crippen molar-refractivity contribution >= 4 is 23.6 Å². The number of carbonyl (C=O) groups excluding carboxylic acids is 2. The molecule has 37 heavy (non-hydrogen) atoms. The molecule has 0 spiro atoms. The van der Waals surface area contributed by atoms with E-state index in [0.717, 1.165) is 19.2 Å². The molecule has 2 aromatic carbocycles.